The largest absolute Gasteiger partial charge is 0.293 e. The standard InChI is InChI=1S/C32H62ClO2P/c1-3-5-7-9-11-13-15-17-19-21-23-25-27-29-31(34)36(33)32(35)30-28-26-24-22-20-18-16-14-12-10-8-6-4-2/h3-30H2,1-2H3. The molecule has 36 heavy (non-hydrogen) atoms. The molecule has 4 heteroatoms. The highest BCUT2D eigenvalue weighted by molar-refractivity contribution is 8.08. The van der Waals surface area contributed by atoms with Crippen molar-refractivity contribution in [2.45, 2.75) is 194 Å². The van der Waals surface area contributed by atoms with Crippen LogP contribution < -0.4 is 0 Å². The van der Waals surface area contributed by atoms with E-state index in [9.17, 15) is 9.59 Å². The zero-order chi connectivity index (χ0) is 26.5. The molecule has 0 fully saturated rings. The van der Waals surface area contributed by atoms with E-state index in [0.717, 1.165) is 25.7 Å². The lowest BCUT2D eigenvalue weighted by molar-refractivity contribution is -0.114. The van der Waals surface area contributed by atoms with Gasteiger partial charge in [-0.2, -0.15) is 0 Å². The number of hydrogen-bond acceptors (Lipinski definition) is 2. The van der Waals surface area contributed by atoms with Crippen LogP contribution in [0.3, 0.4) is 0 Å². The van der Waals surface area contributed by atoms with Gasteiger partial charge in [-0.15, -0.1) is 0 Å². The molecule has 0 aliphatic heterocycles. The van der Waals surface area contributed by atoms with Gasteiger partial charge in [-0.05, 0) is 12.8 Å². The van der Waals surface area contributed by atoms with Crippen LogP contribution in [0.2, 0.25) is 0 Å². The molecule has 0 unspecified atom stereocenters. The predicted molar refractivity (Wildman–Crippen MR) is 163 cm³/mol. The molecule has 0 spiro atoms. The molecule has 0 aromatic carbocycles. The molecule has 0 saturated heterocycles. The van der Waals surface area contributed by atoms with E-state index < -0.39 is 7.27 Å². The van der Waals surface area contributed by atoms with Crippen molar-refractivity contribution in [3.63, 3.8) is 0 Å². The molecular weight excluding hydrogens is 483 g/mol. The van der Waals surface area contributed by atoms with Gasteiger partial charge in [0.05, 0.1) is 0 Å². The van der Waals surface area contributed by atoms with Crippen LogP contribution in [-0.2, 0) is 9.59 Å². The Kier molecular flexibility index (Phi) is 29.7. The zero-order valence-corrected chi connectivity index (χ0v) is 26.1. The number of halogens is 1. The van der Waals surface area contributed by atoms with E-state index >= 15 is 0 Å². The van der Waals surface area contributed by atoms with Gasteiger partial charge in [0.25, 0.3) is 0 Å². The number of carbonyl (C=O) groups is 2. The fourth-order valence-corrected chi connectivity index (χ4v) is 6.42. The van der Waals surface area contributed by atoms with E-state index in [2.05, 4.69) is 13.8 Å². The third-order valence-electron chi connectivity index (χ3n) is 7.43. The van der Waals surface area contributed by atoms with Crippen molar-refractivity contribution in [2.24, 2.45) is 0 Å². The minimum atomic E-state index is -1.59. The summed E-state index contributed by atoms with van der Waals surface area (Å²) in [7, 11) is -1.59. The molecule has 0 rings (SSSR count). The lowest BCUT2D eigenvalue weighted by atomic mass is 10.0. The molecule has 0 amide bonds. The molecule has 0 aromatic rings. The first-order valence-electron chi connectivity index (χ1n) is 16.1. The Balaban J connectivity index is 3.44. The van der Waals surface area contributed by atoms with Crippen LogP contribution in [0.5, 0.6) is 0 Å². The summed E-state index contributed by atoms with van der Waals surface area (Å²) in [5.74, 6) is 0. The minimum absolute atomic E-state index is 0.00873. The maximum Gasteiger partial charge on any atom is 0.177 e. The highest BCUT2D eigenvalue weighted by Crippen LogP contribution is 2.46. The Bertz CT molecular complexity index is 441. The topological polar surface area (TPSA) is 34.1 Å². The molecule has 0 aromatic heterocycles. The SMILES string of the molecule is CCCCCCCCCCCCCCCC(=O)P(Cl)C(=O)CCCCCCCCCCCCCCC. The number of rotatable bonds is 30. The summed E-state index contributed by atoms with van der Waals surface area (Å²) < 4.78 is 0. The first-order chi connectivity index (χ1) is 17.6. The molecule has 0 aliphatic carbocycles. The Morgan fingerprint density at radius 3 is 0.806 bits per heavy atom. The molecule has 0 heterocycles. The van der Waals surface area contributed by atoms with Crippen LogP contribution in [0, 0.1) is 0 Å². The molecule has 0 N–H and O–H groups in total. The van der Waals surface area contributed by atoms with Crippen molar-refractivity contribution in [1.82, 2.24) is 0 Å². The van der Waals surface area contributed by atoms with Crippen molar-refractivity contribution in [2.75, 3.05) is 0 Å². The molecule has 0 aliphatic rings. The van der Waals surface area contributed by atoms with E-state index in [0.29, 0.717) is 12.8 Å². The summed E-state index contributed by atoms with van der Waals surface area (Å²) in [6, 6.07) is 0. The number of carbonyl (C=O) groups excluding carboxylic acids is 2. The fraction of sp³-hybridized carbons (Fsp3) is 0.938. The zero-order valence-electron chi connectivity index (χ0n) is 24.4. The first kappa shape index (κ1) is 36.1. The second-order valence-corrected chi connectivity index (χ2v) is 13.6. The fourth-order valence-electron chi connectivity index (χ4n) is 4.92. The van der Waals surface area contributed by atoms with E-state index in [4.69, 9.17) is 11.2 Å². The number of unbranched alkanes of at least 4 members (excludes halogenated alkanes) is 24. The van der Waals surface area contributed by atoms with Crippen LogP contribution in [0.15, 0.2) is 0 Å². The van der Waals surface area contributed by atoms with Crippen molar-refractivity contribution in [3.8, 4) is 0 Å². The lowest BCUT2D eigenvalue weighted by Gasteiger charge is -2.08. The summed E-state index contributed by atoms with van der Waals surface area (Å²) >= 11 is 6.25. The third-order valence-corrected chi connectivity index (χ3v) is 9.88. The molecule has 0 atom stereocenters. The molecule has 0 radical (unpaired) electrons. The van der Waals surface area contributed by atoms with E-state index in [1.165, 1.54) is 141 Å². The maximum atomic E-state index is 12.3. The van der Waals surface area contributed by atoms with E-state index in [1.54, 1.807) is 0 Å². The second-order valence-electron chi connectivity index (χ2n) is 11.1. The van der Waals surface area contributed by atoms with Gasteiger partial charge < -0.3 is 0 Å². The molecule has 214 valence electrons. The van der Waals surface area contributed by atoms with Crippen LogP contribution in [0.1, 0.15) is 194 Å². The van der Waals surface area contributed by atoms with Gasteiger partial charge in [0.1, 0.15) is 7.27 Å². The van der Waals surface area contributed by atoms with Crippen LogP contribution in [0.25, 0.3) is 0 Å². The van der Waals surface area contributed by atoms with Crippen LogP contribution in [0.4, 0.5) is 0 Å². The average Bonchev–Trinajstić information content (AvgIpc) is 2.88. The quantitative estimate of drug-likeness (QED) is 0.0665. The van der Waals surface area contributed by atoms with Crippen molar-refractivity contribution in [1.29, 1.82) is 0 Å². The minimum Gasteiger partial charge on any atom is -0.293 e. The van der Waals surface area contributed by atoms with Crippen LogP contribution >= 0.6 is 18.5 Å². The highest BCUT2D eigenvalue weighted by atomic mass is 35.7. The van der Waals surface area contributed by atoms with Gasteiger partial charge in [0.2, 0.25) is 0 Å². The molecule has 0 saturated carbocycles. The van der Waals surface area contributed by atoms with Crippen molar-refractivity contribution >= 4 is 29.6 Å². The van der Waals surface area contributed by atoms with Gasteiger partial charge in [0.15, 0.2) is 11.0 Å². The van der Waals surface area contributed by atoms with Gasteiger partial charge in [-0.1, -0.05) is 179 Å². The van der Waals surface area contributed by atoms with Crippen molar-refractivity contribution in [3.05, 3.63) is 0 Å². The molecule has 0 bridgehead atoms. The molecular formula is C32H62ClO2P. The van der Waals surface area contributed by atoms with Gasteiger partial charge in [-0.25, -0.2) is 0 Å². The Morgan fingerprint density at radius 2 is 0.583 bits per heavy atom. The third kappa shape index (κ3) is 25.7. The molecule has 2 nitrogen and oxygen atoms in total. The predicted octanol–water partition coefficient (Wildman–Crippen LogP) is 12.6. The Hall–Kier alpha value is 0.0600. The van der Waals surface area contributed by atoms with E-state index in [1.807, 2.05) is 0 Å². The highest BCUT2D eigenvalue weighted by Gasteiger charge is 2.22. The Morgan fingerprint density at radius 1 is 0.389 bits per heavy atom. The summed E-state index contributed by atoms with van der Waals surface area (Å²) in [5.41, 5.74) is 0.0175. The van der Waals surface area contributed by atoms with Gasteiger partial charge in [-0.3, -0.25) is 9.59 Å². The smallest absolute Gasteiger partial charge is 0.177 e. The van der Waals surface area contributed by atoms with Gasteiger partial charge >= 0.3 is 0 Å². The average molecular weight is 545 g/mol. The summed E-state index contributed by atoms with van der Waals surface area (Å²) in [5, 5.41) is 0. The summed E-state index contributed by atoms with van der Waals surface area (Å²) in [6.45, 7) is 4.54. The van der Waals surface area contributed by atoms with Gasteiger partial charge in [0, 0.05) is 12.8 Å². The lowest BCUT2D eigenvalue weighted by Crippen LogP contribution is -2.01. The van der Waals surface area contributed by atoms with Crippen LogP contribution in [-0.4, -0.2) is 11.0 Å². The second kappa shape index (κ2) is 29.6. The first-order valence-corrected chi connectivity index (χ1v) is 18.4. The number of hydrogen-bond donors (Lipinski definition) is 0. The van der Waals surface area contributed by atoms with Crippen molar-refractivity contribution < 1.29 is 9.59 Å². The van der Waals surface area contributed by atoms with E-state index in [-0.39, 0.29) is 11.0 Å². The Labute approximate surface area is 232 Å². The summed E-state index contributed by atoms with van der Waals surface area (Å²) in [4.78, 5) is 24.6. The maximum absolute atomic E-state index is 12.3. The normalized spacial score (nSPS) is 11.4. The summed E-state index contributed by atoms with van der Waals surface area (Å²) in [6.07, 6.45) is 34.7. The monoisotopic (exact) mass is 544 g/mol.